The lowest BCUT2D eigenvalue weighted by molar-refractivity contribution is -0.154. The van der Waals surface area contributed by atoms with Gasteiger partial charge in [-0.2, -0.15) is 0 Å². The molecule has 138 valence electrons. The Kier molecular flexibility index (Phi) is 5.87. The highest BCUT2D eigenvalue weighted by Crippen LogP contribution is 2.16. The molecule has 0 radical (unpaired) electrons. The molecule has 1 atom stereocenters. The molecule has 4 nitrogen and oxygen atoms in total. The maximum Gasteiger partial charge on any atom is 0.311 e. The Labute approximate surface area is 159 Å². The molecule has 0 spiro atoms. The lowest BCUT2D eigenvalue weighted by Gasteiger charge is -2.14. The van der Waals surface area contributed by atoms with Crippen LogP contribution in [0.1, 0.15) is 23.6 Å². The molecule has 0 bridgehead atoms. The average Bonchev–Trinajstić information content (AvgIpc) is 2.67. The van der Waals surface area contributed by atoms with E-state index in [4.69, 9.17) is 4.74 Å². The van der Waals surface area contributed by atoms with Crippen molar-refractivity contribution in [3.63, 3.8) is 0 Å². The highest BCUT2D eigenvalue weighted by atomic mass is 16.5. The van der Waals surface area contributed by atoms with Gasteiger partial charge in [-0.05, 0) is 35.7 Å². The minimum Gasteiger partial charge on any atom is -0.452 e. The number of fused-ring (bicyclic) bond motifs is 1. The maximum atomic E-state index is 12.2. The van der Waals surface area contributed by atoms with Crippen LogP contribution < -0.4 is 5.32 Å². The molecule has 0 aliphatic carbocycles. The fourth-order valence-electron chi connectivity index (χ4n) is 2.85. The standard InChI is InChI=1S/C23H23NO3/c1-16-7-9-18(10-8-16)15-24-23(26)17(2)27-22(25)14-19-11-12-20-5-3-4-6-21(20)13-19/h3-13,17H,14-15H2,1-2H3,(H,24,26). The van der Waals surface area contributed by atoms with Gasteiger partial charge in [-0.15, -0.1) is 0 Å². The summed E-state index contributed by atoms with van der Waals surface area (Å²) in [5, 5.41) is 4.99. The Bertz CT molecular complexity index is 947. The molecule has 4 heteroatoms. The summed E-state index contributed by atoms with van der Waals surface area (Å²) < 4.78 is 5.28. The van der Waals surface area contributed by atoms with Crippen molar-refractivity contribution < 1.29 is 14.3 Å². The van der Waals surface area contributed by atoms with Crippen LogP contribution in [-0.2, 0) is 27.3 Å². The largest absolute Gasteiger partial charge is 0.452 e. The molecule has 3 rings (SSSR count). The first kappa shape index (κ1) is 18.6. The van der Waals surface area contributed by atoms with Gasteiger partial charge in [0.2, 0.25) is 0 Å². The summed E-state index contributed by atoms with van der Waals surface area (Å²) in [7, 11) is 0. The number of carbonyl (C=O) groups is 2. The van der Waals surface area contributed by atoms with E-state index in [1.54, 1.807) is 6.92 Å². The molecule has 0 aliphatic heterocycles. The lowest BCUT2D eigenvalue weighted by atomic mass is 10.1. The van der Waals surface area contributed by atoms with Crippen LogP contribution in [0.2, 0.25) is 0 Å². The van der Waals surface area contributed by atoms with Crippen LogP contribution >= 0.6 is 0 Å². The Morgan fingerprint density at radius 2 is 1.59 bits per heavy atom. The smallest absolute Gasteiger partial charge is 0.311 e. The van der Waals surface area contributed by atoms with Gasteiger partial charge in [0.05, 0.1) is 6.42 Å². The van der Waals surface area contributed by atoms with Crippen molar-refractivity contribution in [2.75, 3.05) is 0 Å². The van der Waals surface area contributed by atoms with Crippen LogP contribution in [0.4, 0.5) is 0 Å². The number of esters is 1. The Balaban J connectivity index is 1.51. The van der Waals surface area contributed by atoms with Gasteiger partial charge in [0.25, 0.3) is 5.91 Å². The van der Waals surface area contributed by atoms with Crippen LogP contribution in [0.3, 0.4) is 0 Å². The van der Waals surface area contributed by atoms with Crippen molar-refractivity contribution in [2.24, 2.45) is 0 Å². The minimum atomic E-state index is -0.830. The summed E-state index contributed by atoms with van der Waals surface area (Å²) in [6.07, 6.45) is -0.691. The van der Waals surface area contributed by atoms with Gasteiger partial charge in [0.1, 0.15) is 0 Å². The summed E-state index contributed by atoms with van der Waals surface area (Å²) in [6, 6.07) is 21.8. The SMILES string of the molecule is Cc1ccc(CNC(=O)C(C)OC(=O)Cc2ccc3ccccc3c2)cc1. The summed E-state index contributed by atoms with van der Waals surface area (Å²) in [5.41, 5.74) is 3.04. The maximum absolute atomic E-state index is 12.2. The molecule has 0 aromatic heterocycles. The van der Waals surface area contributed by atoms with E-state index in [2.05, 4.69) is 5.32 Å². The first-order valence-electron chi connectivity index (χ1n) is 9.02. The zero-order valence-corrected chi connectivity index (χ0v) is 15.6. The molecular formula is C23H23NO3. The van der Waals surface area contributed by atoms with E-state index in [0.29, 0.717) is 6.54 Å². The number of nitrogens with one attached hydrogen (secondary N) is 1. The third kappa shape index (κ3) is 5.17. The fraction of sp³-hybridized carbons (Fsp3) is 0.217. The zero-order valence-electron chi connectivity index (χ0n) is 15.6. The molecule has 27 heavy (non-hydrogen) atoms. The Morgan fingerprint density at radius 1 is 0.926 bits per heavy atom. The second-order valence-electron chi connectivity index (χ2n) is 6.69. The quantitative estimate of drug-likeness (QED) is 0.677. The molecule has 1 amide bonds. The van der Waals surface area contributed by atoms with Crippen LogP contribution in [-0.4, -0.2) is 18.0 Å². The molecule has 0 fully saturated rings. The van der Waals surface area contributed by atoms with Gasteiger partial charge < -0.3 is 10.1 Å². The molecule has 1 N–H and O–H groups in total. The number of amides is 1. The first-order valence-corrected chi connectivity index (χ1v) is 9.02. The molecule has 3 aromatic carbocycles. The Morgan fingerprint density at radius 3 is 2.33 bits per heavy atom. The van der Waals surface area contributed by atoms with E-state index in [1.807, 2.05) is 73.7 Å². The molecule has 0 aliphatic rings. The number of ether oxygens (including phenoxy) is 1. The summed E-state index contributed by atoms with van der Waals surface area (Å²) >= 11 is 0. The van der Waals surface area contributed by atoms with E-state index in [-0.39, 0.29) is 12.3 Å². The monoisotopic (exact) mass is 361 g/mol. The van der Waals surface area contributed by atoms with Crippen LogP contribution in [0, 0.1) is 6.92 Å². The van der Waals surface area contributed by atoms with Gasteiger partial charge in [0, 0.05) is 6.54 Å². The topological polar surface area (TPSA) is 55.4 Å². The summed E-state index contributed by atoms with van der Waals surface area (Å²) in [5.74, 6) is -0.717. The third-order valence-corrected chi connectivity index (χ3v) is 4.43. The summed E-state index contributed by atoms with van der Waals surface area (Å²) in [4.78, 5) is 24.3. The van der Waals surface area contributed by atoms with Crippen molar-refractivity contribution in [3.8, 4) is 0 Å². The average molecular weight is 361 g/mol. The molecule has 0 saturated heterocycles. The first-order chi connectivity index (χ1) is 13.0. The van der Waals surface area contributed by atoms with E-state index < -0.39 is 12.1 Å². The normalized spacial score (nSPS) is 11.8. The highest BCUT2D eigenvalue weighted by molar-refractivity contribution is 5.86. The zero-order chi connectivity index (χ0) is 19.2. The van der Waals surface area contributed by atoms with Gasteiger partial charge in [-0.1, -0.05) is 72.3 Å². The van der Waals surface area contributed by atoms with Gasteiger partial charge in [0.15, 0.2) is 6.10 Å². The van der Waals surface area contributed by atoms with Gasteiger partial charge in [-0.3, -0.25) is 9.59 Å². The van der Waals surface area contributed by atoms with Crippen LogP contribution in [0.5, 0.6) is 0 Å². The number of aryl methyl sites for hydroxylation is 1. The second kappa shape index (κ2) is 8.49. The van der Waals surface area contributed by atoms with Crippen molar-refractivity contribution >= 4 is 22.6 Å². The highest BCUT2D eigenvalue weighted by Gasteiger charge is 2.17. The van der Waals surface area contributed by atoms with E-state index in [9.17, 15) is 9.59 Å². The second-order valence-corrected chi connectivity index (χ2v) is 6.69. The van der Waals surface area contributed by atoms with Crippen molar-refractivity contribution in [3.05, 3.63) is 83.4 Å². The van der Waals surface area contributed by atoms with Crippen molar-refractivity contribution in [2.45, 2.75) is 32.9 Å². The van der Waals surface area contributed by atoms with Gasteiger partial charge >= 0.3 is 5.97 Å². The van der Waals surface area contributed by atoms with E-state index >= 15 is 0 Å². The molecule has 0 heterocycles. The van der Waals surface area contributed by atoms with E-state index in [1.165, 1.54) is 5.56 Å². The number of rotatable bonds is 6. The minimum absolute atomic E-state index is 0.139. The van der Waals surface area contributed by atoms with Crippen LogP contribution in [0.15, 0.2) is 66.7 Å². The van der Waals surface area contributed by atoms with Crippen molar-refractivity contribution in [1.82, 2.24) is 5.32 Å². The molecule has 1 unspecified atom stereocenters. The number of hydrogen-bond donors (Lipinski definition) is 1. The Hall–Kier alpha value is -3.14. The van der Waals surface area contributed by atoms with Crippen LogP contribution in [0.25, 0.3) is 10.8 Å². The van der Waals surface area contributed by atoms with E-state index in [0.717, 1.165) is 21.9 Å². The number of hydrogen-bond acceptors (Lipinski definition) is 3. The van der Waals surface area contributed by atoms with Gasteiger partial charge in [-0.25, -0.2) is 0 Å². The third-order valence-electron chi connectivity index (χ3n) is 4.43. The molecular weight excluding hydrogens is 338 g/mol. The lowest BCUT2D eigenvalue weighted by Crippen LogP contribution is -2.35. The fourth-order valence-corrected chi connectivity index (χ4v) is 2.85. The predicted octanol–water partition coefficient (Wildman–Crippen LogP) is 3.94. The number of carbonyl (C=O) groups excluding carboxylic acids is 2. The molecule has 3 aromatic rings. The number of benzene rings is 3. The summed E-state index contributed by atoms with van der Waals surface area (Å²) in [6.45, 7) is 4.01. The predicted molar refractivity (Wildman–Crippen MR) is 106 cm³/mol. The molecule has 0 saturated carbocycles. The van der Waals surface area contributed by atoms with Crippen molar-refractivity contribution in [1.29, 1.82) is 0 Å².